The molecule has 0 aliphatic rings. The lowest BCUT2D eigenvalue weighted by atomic mass is 10.2. The zero-order chi connectivity index (χ0) is 16.8. The van der Waals surface area contributed by atoms with Crippen LogP contribution in [0.15, 0.2) is 22.7 Å². The monoisotopic (exact) mass is 398 g/mol. The van der Waals surface area contributed by atoms with Crippen LogP contribution in [0.1, 0.15) is 5.56 Å². The normalized spacial score (nSPS) is 11.8. The van der Waals surface area contributed by atoms with Crippen molar-refractivity contribution in [2.75, 3.05) is 13.4 Å². The Balaban J connectivity index is 2.64. The van der Waals surface area contributed by atoms with Gasteiger partial charge in [0.1, 0.15) is 13.8 Å². The highest BCUT2D eigenvalue weighted by Gasteiger charge is 2.12. The van der Waals surface area contributed by atoms with Gasteiger partial charge in [0, 0.05) is 19.2 Å². The van der Waals surface area contributed by atoms with Crippen molar-refractivity contribution in [3.05, 3.63) is 28.2 Å². The van der Waals surface area contributed by atoms with Crippen LogP contribution >= 0.6 is 15.9 Å². The van der Waals surface area contributed by atoms with Gasteiger partial charge in [-0.05, 0) is 24.2 Å². The van der Waals surface area contributed by atoms with E-state index in [-0.39, 0.29) is 6.79 Å². The van der Waals surface area contributed by atoms with E-state index in [1.54, 1.807) is 0 Å². The quantitative estimate of drug-likeness (QED) is 0.277. The van der Waals surface area contributed by atoms with E-state index in [0.717, 1.165) is 28.4 Å². The Hall–Kier alpha value is -0.546. The minimum atomic E-state index is -1.40. The molecule has 0 N–H and O–H groups in total. The maximum absolute atomic E-state index is 5.76. The molecule has 0 aliphatic heterocycles. The maximum atomic E-state index is 5.76. The second-order valence-corrected chi connectivity index (χ2v) is 18.9. The van der Waals surface area contributed by atoms with Gasteiger partial charge in [0.25, 0.3) is 0 Å². The Morgan fingerprint density at radius 3 is 2.36 bits per heavy atom. The van der Waals surface area contributed by atoms with Crippen molar-refractivity contribution in [1.82, 2.24) is 0 Å². The van der Waals surface area contributed by atoms with Crippen LogP contribution in [0.2, 0.25) is 45.3 Å². The van der Waals surface area contributed by atoms with Gasteiger partial charge in [0.2, 0.25) is 0 Å². The summed E-state index contributed by atoms with van der Waals surface area (Å²) in [5.41, 5.74) is 4.30. The molecule has 0 heterocycles. The van der Waals surface area contributed by atoms with Crippen LogP contribution in [-0.4, -0.2) is 29.5 Å². The van der Waals surface area contributed by atoms with Crippen molar-refractivity contribution >= 4 is 32.1 Å². The number of halogens is 1. The first-order chi connectivity index (χ1) is 10.1. The highest BCUT2D eigenvalue weighted by Crippen LogP contribution is 2.23. The summed E-state index contributed by atoms with van der Waals surface area (Å²) >= 11 is 3.49. The van der Waals surface area contributed by atoms with Gasteiger partial charge in [-0.2, -0.15) is 0 Å². The molecule has 2 nitrogen and oxygen atoms in total. The molecule has 0 unspecified atom stereocenters. The summed E-state index contributed by atoms with van der Waals surface area (Å²) in [5, 5.41) is 0. The Kier molecular flexibility index (Phi) is 7.40. The fourth-order valence-electron chi connectivity index (χ4n) is 1.52. The van der Waals surface area contributed by atoms with Gasteiger partial charge in [-0.1, -0.05) is 61.1 Å². The lowest BCUT2D eigenvalue weighted by molar-refractivity contribution is 0.0219. The van der Waals surface area contributed by atoms with Crippen molar-refractivity contribution in [2.45, 2.75) is 45.3 Å². The predicted molar refractivity (Wildman–Crippen MR) is 104 cm³/mol. The molecule has 1 aromatic carbocycles. The minimum Gasteiger partial charge on any atom is -0.466 e. The summed E-state index contributed by atoms with van der Waals surface area (Å²) in [6.45, 7) is 14.8. The summed E-state index contributed by atoms with van der Waals surface area (Å²) in [7, 11) is -2.45. The Bertz CT molecular complexity index is 548. The van der Waals surface area contributed by atoms with Gasteiger partial charge >= 0.3 is 0 Å². The lowest BCUT2D eigenvalue weighted by Crippen LogP contribution is -2.22. The average molecular weight is 399 g/mol. The third kappa shape index (κ3) is 8.79. The molecule has 1 aromatic rings. The molecule has 1 rings (SSSR count). The van der Waals surface area contributed by atoms with Crippen molar-refractivity contribution in [2.24, 2.45) is 0 Å². The van der Waals surface area contributed by atoms with Gasteiger partial charge in [-0.25, -0.2) is 0 Å². The molecular weight excluding hydrogens is 372 g/mol. The molecule has 22 heavy (non-hydrogen) atoms. The maximum Gasteiger partial charge on any atom is 0.189 e. The van der Waals surface area contributed by atoms with Crippen LogP contribution < -0.4 is 4.74 Å². The molecule has 0 bridgehead atoms. The summed E-state index contributed by atoms with van der Waals surface area (Å²) in [6.07, 6.45) is 0. The third-order valence-corrected chi connectivity index (χ3v) is 5.88. The van der Waals surface area contributed by atoms with Crippen molar-refractivity contribution < 1.29 is 9.47 Å². The molecule has 0 saturated carbocycles. The number of hydrogen-bond acceptors (Lipinski definition) is 2. The number of hydrogen-bond donors (Lipinski definition) is 0. The van der Waals surface area contributed by atoms with Gasteiger partial charge in [-0.3, -0.25) is 0 Å². The smallest absolute Gasteiger partial charge is 0.189 e. The fraction of sp³-hybridized carbons (Fsp3) is 0.529. The second kappa shape index (κ2) is 8.35. The fourth-order valence-corrected chi connectivity index (χ4v) is 3.15. The molecule has 0 amide bonds. The molecule has 0 fully saturated rings. The van der Waals surface area contributed by atoms with Crippen LogP contribution in [-0.2, 0) is 4.74 Å². The molecule has 122 valence electrons. The third-order valence-electron chi connectivity index (χ3n) is 2.81. The zero-order valence-corrected chi connectivity index (χ0v) is 18.1. The van der Waals surface area contributed by atoms with Crippen LogP contribution in [0, 0.1) is 11.5 Å². The van der Waals surface area contributed by atoms with Crippen LogP contribution in [0.4, 0.5) is 0 Å². The van der Waals surface area contributed by atoms with Crippen LogP contribution in [0.3, 0.4) is 0 Å². The van der Waals surface area contributed by atoms with E-state index in [9.17, 15) is 0 Å². The van der Waals surface area contributed by atoms with Crippen molar-refractivity contribution in [1.29, 1.82) is 0 Å². The first-order valence-corrected chi connectivity index (χ1v) is 15.6. The lowest BCUT2D eigenvalue weighted by Gasteiger charge is -2.16. The van der Waals surface area contributed by atoms with Crippen LogP contribution in [0.5, 0.6) is 5.75 Å². The second-order valence-electron chi connectivity index (χ2n) is 7.62. The zero-order valence-electron chi connectivity index (χ0n) is 14.5. The van der Waals surface area contributed by atoms with Gasteiger partial charge < -0.3 is 9.47 Å². The first-order valence-electron chi connectivity index (χ1n) is 7.60. The molecule has 0 radical (unpaired) electrons. The highest BCUT2D eigenvalue weighted by molar-refractivity contribution is 9.10. The molecule has 0 spiro atoms. The Morgan fingerprint density at radius 1 is 1.09 bits per heavy atom. The summed E-state index contributed by atoms with van der Waals surface area (Å²) in [4.78, 5) is 0. The topological polar surface area (TPSA) is 18.5 Å². The summed E-state index contributed by atoms with van der Waals surface area (Å²) in [5.74, 6) is 4.06. The molecular formula is C17H27BrO2Si2. The van der Waals surface area contributed by atoms with Crippen molar-refractivity contribution in [3.63, 3.8) is 0 Å². The standard InChI is InChI=1S/C17H27BrO2Si2/c1-21(2,3)11-9-15-13-16(18)7-8-17(15)20-14-19-10-12-22(4,5)6/h7-8,13H,10,12,14H2,1-6H3. The van der Waals surface area contributed by atoms with Crippen LogP contribution in [0.25, 0.3) is 0 Å². The highest BCUT2D eigenvalue weighted by atomic mass is 79.9. The van der Waals surface area contributed by atoms with E-state index in [0.29, 0.717) is 0 Å². The van der Waals surface area contributed by atoms with Gasteiger partial charge in [0.05, 0.1) is 5.56 Å². The molecule has 0 saturated heterocycles. The van der Waals surface area contributed by atoms with E-state index in [2.05, 4.69) is 66.7 Å². The largest absolute Gasteiger partial charge is 0.466 e. The summed E-state index contributed by atoms with van der Waals surface area (Å²) < 4.78 is 12.4. The van der Waals surface area contributed by atoms with Gasteiger partial charge in [-0.15, -0.1) is 5.54 Å². The number of rotatable bonds is 6. The van der Waals surface area contributed by atoms with E-state index < -0.39 is 16.1 Å². The molecule has 0 aromatic heterocycles. The first kappa shape index (κ1) is 19.5. The van der Waals surface area contributed by atoms with Gasteiger partial charge in [0.15, 0.2) is 6.79 Å². The predicted octanol–water partition coefficient (Wildman–Crippen LogP) is 5.37. The van der Waals surface area contributed by atoms with Crippen molar-refractivity contribution in [3.8, 4) is 17.2 Å². The summed E-state index contributed by atoms with van der Waals surface area (Å²) in [6, 6.07) is 7.07. The SMILES string of the molecule is C[Si](C)(C)C#Cc1cc(Br)ccc1OCOCC[Si](C)(C)C. The minimum absolute atomic E-state index is 0.285. The Labute approximate surface area is 145 Å². The molecule has 0 aliphatic carbocycles. The van der Waals surface area contributed by atoms with E-state index in [4.69, 9.17) is 9.47 Å². The Morgan fingerprint density at radius 2 is 1.77 bits per heavy atom. The molecule has 5 heteroatoms. The number of ether oxygens (including phenoxy) is 2. The number of benzene rings is 1. The van der Waals surface area contributed by atoms with E-state index >= 15 is 0 Å². The van der Waals surface area contributed by atoms with E-state index in [1.165, 1.54) is 0 Å². The molecule has 0 atom stereocenters. The average Bonchev–Trinajstić information content (AvgIpc) is 2.35. The van der Waals surface area contributed by atoms with E-state index in [1.807, 2.05) is 18.2 Å².